The number of carbonyl (C=O) groups is 1. The molecule has 0 aromatic heterocycles. The Kier molecular flexibility index (Phi) is 8.68. The van der Waals surface area contributed by atoms with E-state index in [1.807, 2.05) is 29.2 Å². The summed E-state index contributed by atoms with van der Waals surface area (Å²) in [5, 5.41) is 6.49. The van der Waals surface area contributed by atoms with Gasteiger partial charge in [-0.1, -0.05) is 37.8 Å². The Hall–Kier alpha value is -2.50. The predicted octanol–water partition coefficient (Wildman–Crippen LogP) is 2.57. The molecule has 1 heterocycles. The van der Waals surface area contributed by atoms with E-state index >= 15 is 0 Å². The second-order valence-corrected chi connectivity index (χ2v) is 6.90. The van der Waals surface area contributed by atoms with E-state index < -0.39 is 0 Å². The van der Waals surface area contributed by atoms with Crippen LogP contribution in [0, 0.1) is 5.92 Å². The second kappa shape index (κ2) is 11.3. The smallest absolute Gasteiger partial charge is 0.224 e. The zero-order valence-electron chi connectivity index (χ0n) is 16.5. The van der Waals surface area contributed by atoms with Crippen molar-refractivity contribution >= 4 is 11.9 Å². The Labute approximate surface area is 162 Å². The molecule has 1 atom stereocenters. The van der Waals surface area contributed by atoms with Crippen molar-refractivity contribution in [3.05, 3.63) is 42.5 Å². The first kappa shape index (κ1) is 20.8. The Morgan fingerprint density at radius 3 is 2.96 bits per heavy atom. The molecule has 1 unspecified atom stereocenters. The molecular weight excluding hydrogens is 340 g/mol. The van der Waals surface area contributed by atoms with E-state index in [-0.39, 0.29) is 5.91 Å². The highest BCUT2D eigenvalue weighted by Crippen LogP contribution is 2.18. The number of hydrogen-bond donors (Lipinski definition) is 2. The van der Waals surface area contributed by atoms with Crippen molar-refractivity contribution in [2.24, 2.45) is 10.9 Å². The lowest BCUT2D eigenvalue weighted by Gasteiger charge is -2.31. The fourth-order valence-corrected chi connectivity index (χ4v) is 3.20. The summed E-state index contributed by atoms with van der Waals surface area (Å²) in [5.74, 6) is 2.32. The van der Waals surface area contributed by atoms with Crippen molar-refractivity contribution in [1.82, 2.24) is 15.5 Å². The first-order valence-electron chi connectivity index (χ1n) is 9.68. The molecule has 1 amide bonds. The van der Waals surface area contributed by atoms with Gasteiger partial charge in [0.05, 0.1) is 0 Å². The third-order valence-electron chi connectivity index (χ3n) is 4.64. The average molecular weight is 373 g/mol. The van der Waals surface area contributed by atoms with Crippen molar-refractivity contribution in [1.29, 1.82) is 0 Å². The molecule has 6 heteroatoms. The molecule has 0 bridgehead atoms. The van der Waals surface area contributed by atoms with Crippen LogP contribution in [0.25, 0.3) is 0 Å². The summed E-state index contributed by atoms with van der Waals surface area (Å²) in [6.07, 6.45) is 4.53. The van der Waals surface area contributed by atoms with Crippen LogP contribution in [-0.2, 0) is 11.3 Å². The van der Waals surface area contributed by atoms with Gasteiger partial charge in [0, 0.05) is 45.2 Å². The molecule has 27 heavy (non-hydrogen) atoms. The zero-order chi connectivity index (χ0) is 19.5. The normalized spacial score (nSPS) is 17.3. The number of para-hydroxylation sites is 1. The van der Waals surface area contributed by atoms with E-state index in [2.05, 4.69) is 29.1 Å². The van der Waals surface area contributed by atoms with Crippen molar-refractivity contribution in [2.45, 2.75) is 32.7 Å². The zero-order valence-corrected chi connectivity index (χ0v) is 16.5. The van der Waals surface area contributed by atoms with Crippen molar-refractivity contribution in [3.63, 3.8) is 0 Å². The molecule has 148 valence electrons. The largest absolute Gasteiger partial charge is 0.489 e. The van der Waals surface area contributed by atoms with Crippen LogP contribution in [0.5, 0.6) is 5.75 Å². The summed E-state index contributed by atoms with van der Waals surface area (Å²) in [6, 6.07) is 7.88. The quantitative estimate of drug-likeness (QED) is 0.418. The number of amides is 1. The molecule has 2 rings (SSSR count). The molecule has 1 aliphatic heterocycles. The number of piperidine rings is 1. The minimum absolute atomic E-state index is 0.215. The van der Waals surface area contributed by atoms with Crippen LogP contribution in [0.3, 0.4) is 0 Å². The third kappa shape index (κ3) is 6.96. The summed E-state index contributed by atoms with van der Waals surface area (Å²) in [4.78, 5) is 18.6. The Morgan fingerprint density at radius 2 is 2.22 bits per heavy atom. The number of likely N-dealkylation sites (tertiary alicyclic amines) is 1. The van der Waals surface area contributed by atoms with E-state index in [0.29, 0.717) is 38.0 Å². The van der Waals surface area contributed by atoms with E-state index in [0.717, 1.165) is 30.8 Å². The number of nitrogens with zero attached hydrogens (tertiary/aromatic N) is 2. The number of ether oxygens (including phenoxy) is 1. The van der Waals surface area contributed by atoms with Gasteiger partial charge in [0.1, 0.15) is 12.4 Å². The van der Waals surface area contributed by atoms with Gasteiger partial charge in [-0.05, 0) is 24.8 Å². The highest BCUT2D eigenvalue weighted by Gasteiger charge is 2.20. The molecule has 1 aromatic carbocycles. The molecule has 1 aliphatic rings. The fourth-order valence-electron chi connectivity index (χ4n) is 3.20. The van der Waals surface area contributed by atoms with Crippen LogP contribution in [0.2, 0.25) is 0 Å². The van der Waals surface area contributed by atoms with Gasteiger partial charge in [0.15, 0.2) is 5.96 Å². The molecule has 1 fully saturated rings. The Balaban J connectivity index is 1.76. The van der Waals surface area contributed by atoms with Gasteiger partial charge in [0.25, 0.3) is 0 Å². The van der Waals surface area contributed by atoms with Crippen LogP contribution >= 0.6 is 0 Å². The second-order valence-electron chi connectivity index (χ2n) is 6.90. The minimum atomic E-state index is 0.215. The van der Waals surface area contributed by atoms with Gasteiger partial charge < -0.3 is 20.3 Å². The molecule has 0 radical (unpaired) electrons. The number of nitrogens with one attached hydrogen (secondary N) is 2. The molecular formula is C21H32N4O2. The molecule has 6 nitrogen and oxygen atoms in total. The number of hydrogen-bond acceptors (Lipinski definition) is 3. The van der Waals surface area contributed by atoms with Crippen LogP contribution in [0.4, 0.5) is 0 Å². The Morgan fingerprint density at radius 1 is 1.41 bits per heavy atom. The predicted molar refractivity (Wildman–Crippen MR) is 110 cm³/mol. The van der Waals surface area contributed by atoms with Crippen LogP contribution in [0.1, 0.15) is 31.7 Å². The maximum Gasteiger partial charge on any atom is 0.224 e. The average Bonchev–Trinajstić information content (AvgIpc) is 2.69. The highest BCUT2D eigenvalue weighted by molar-refractivity contribution is 5.81. The van der Waals surface area contributed by atoms with Crippen LogP contribution in [-0.4, -0.2) is 50.1 Å². The van der Waals surface area contributed by atoms with E-state index in [1.165, 1.54) is 6.42 Å². The van der Waals surface area contributed by atoms with Gasteiger partial charge >= 0.3 is 0 Å². The number of aliphatic imine (C=N–C) groups is 1. The van der Waals surface area contributed by atoms with E-state index in [4.69, 9.17) is 4.74 Å². The van der Waals surface area contributed by atoms with Crippen molar-refractivity contribution in [3.8, 4) is 5.75 Å². The standard InChI is InChI=1S/C21H32N4O2/c1-4-14-27-19-10-6-5-9-18(19)15-24-21(22-3)23-12-11-20(26)25-13-7-8-17(2)16-25/h4-6,9-10,17H,1,7-8,11-16H2,2-3H3,(H2,22,23,24). The molecule has 0 saturated carbocycles. The SMILES string of the molecule is C=CCOc1ccccc1CNC(=NC)NCCC(=O)N1CCCC(C)C1. The maximum atomic E-state index is 12.3. The van der Waals surface area contributed by atoms with Crippen LogP contribution < -0.4 is 15.4 Å². The molecule has 2 N–H and O–H groups in total. The number of rotatable bonds is 8. The lowest BCUT2D eigenvalue weighted by molar-refractivity contribution is -0.132. The molecule has 1 aromatic rings. The fraction of sp³-hybridized carbons (Fsp3) is 0.524. The number of benzene rings is 1. The van der Waals surface area contributed by atoms with Crippen molar-refractivity contribution in [2.75, 3.05) is 33.3 Å². The first-order chi connectivity index (χ1) is 13.1. The van der Waals surface area contributed by atoms with Crippen LogP contribution in [0.15, 0.2) is 41.9 Å². The molecule has 1 saturated heterocycles. The third-order valence-corrected chi connectivity index (χ3v) is 4.64. The lowest BCUT2D eigenvalue weighted by Crippen LogP contribution is -2.42. The first-order valence-corrected chi connectivity index (χ1v) is 9.68. The highest BCUT2D eigenvalue weighted by atomic mass is 16.5. The lowest BCUT2D eigenvalue weighted by atomic mass is 10.00. The number of carbonyl (C=O) groups excluding carboxylic acids is 1. The topological polar surface area (TPSA) is 66.0 Å². The van der Waals surface area contributed by atoms with Gasteiger partial charge in [-0.3, -0.25) is 9.79 Å². The summed E-state index contributed by atoms with van der Waals surface area (Å²) in [5.41, 5.74) is 1.04. The van der Waals surface area contributed by atoms with Gasteiger partial charge in [-0.15, -0.1) is 0 Å². The summed E-state index contributed by atoms with van der Waals surface area (Å²) < 4.78 is 5.67. The van der Waals surface area contributed by atoms with Gasteiger partial charge in [-0.25, -0.2) is 0 Å². The van der Waals surface area contributed by atoms with Crippen molar-refractivity contribution < 1.29 is 9.53 Å². The van der Waals surface area contributed by atoms with E-state index in [1.54, 1.807) is 13.1 Å². The maximum absolute atomic E-state index is 12.3. The Bertz CT molecular complexity index is 645. The monoisotopic (exact) mass is 372 g/mol. The van der Waals surface area contributed by atoms with Gasteiger partial charge in [-0.2, -0.15) is 0 Å². The molecule has 0 aliphatic carbocycles. The number of guanidine groups is 1. The van der Waals surface area contributed by atoms with E-state index in [9.17, 15) is 4.79 Å². The summed E-state index contributed by atoms with van der Waals surface area (Å²) >= 11 is 0. The van der Waals surface area contributed by atoms with Gasteiger partial charge in [0.2, 0.25) is 5.91 Å². The minimum Gasteiger partial charge on any atom is -0.489 e. The molecule has 0 spiro atoms. The summed E-state index contributed by atoms with van der Waals surface area (Å²) in [7, 11) is 1.73. The summed E-state index contributed by atoms with van der Waals surface area (Å²) in [6.45, 7) is 9.28.